The standard InChI is InChI=1S/C20H29N3O2/c24-19(21-8-3-9-23-10-12-25-13-11-23)22-15-17-14-20(17)7-6-16-4-1-2-5-18(16)20/h1-2,4-5,17H,3,6-15H2,(H2,21,22,24)/t17-,20-/m1/s1. The molecular weight excluding hydrogens is 314 g/mol. The lowest BCUT2D eigenvalue weighted by atomic mass is 9.95. The number of fused-ring (bicyclic) bond motifs is 2. The van der Waals surface area contributed by atoms with E-state index in [1.54, 1.807) is 0 Å². The zero-order chi connectivity index (χ0) is 17.1. The van der Waals surface area contributed by atoms with Gasteiger partial charge in [0.25, 0.3) is 0 Å². The van der Waals surface area contributed by atoms with Crippen LogP contribution < -0.4 is 10.6 Å². The maximum Gasteiger partial charge on any atom is 0.314 e. The van der Waals surface area contributed by atoms with Gasteiger partial charge in [0.15, 0.2) is 0 Å². The molecule has 1 heterocycles. The summed E-state index contributed by atoms with van der Waals surface area (Å²) in [5, 5.41) is 6.08. The Labute approximate surface area is 150 Å². The second-order valence-electron chi connectivity index (χ2n) is 7.66. The summed E-state index contributed by atoms with van der Waals surface area (Å²) in [7, 11) is 0. The van der Waals surface area contributed by atoms with Gasteiger partial charge in [-0.05, 0) is 49.3 Å². The molecule has 2 aliphatic carbocycles. The molecule has 25 heavy (non-hydrogen) atoms. The lowest BCUT2D eigenvalue weighted by Gasteiger charge is -2.26. The van der Waals surface area contributed by atoms with Crippen molar-refractivity contribution in [2.75, 3.05) is 45.9 Å². The van der Waals surface area contributed by atoms with Gasteiger partial charge in [-0.15, -0.1) is 0 Å². The Balaban J connectivity index is 1.14. The monoisotopic (exact) mass is 343 g/mol. The Bertz CT molecular complexity index is 615. The Morgan fingerprint density at radius 2 is 2.08 bits per heavy atom. The maximum absolute atomic E-state index is 12.0. The van der Waals surface area contributed by atoms with E-state index in [4.69, 9.17) is 4.74 Å². The summed E-state index contributed by atoms with van der Waals surface area (Å²) in [5.74, 6) is 0.607. The third-order valence-corrected chi connectivity index (χ3v) is 6.18. The van der Waals surface area contributed by atoms with Gasteiger partial charge in [-0.3, -0.25) is 4.90 Å². The van der Waals surface area contributed by atoms with E-state index in [9.17, 15) is 4.79 Å². The van der Waals surface area contributed by atoms with Gasteiger partial charge < -0.3 is 15.4 Å². The van der Waals surface area contributed by atoms with Crippen molar-refractivity contribution in [2.24, 2.45) is 5.92 Å². The average Bonchev–Trinajstić information content (AvgIpc) is 3.24. The number of aryl methyl sites for hydroxylation is 1. The number of nitrogens with one attached hydrogen (secondary N) is 2. The number of hydrogen-bond donors (Lipinski definition) is 2. The fraction of sp³-hybridized carbons (Fsp3) is 0.650. The summed E-state index contributed by atoms with van der Waals surface area (Å²) >= 11 is 0. The highest BCUT2D eigenvalue weighted by Crippen LogP contribution is 2.61. The number of morpholine rings is 1. The Morgan fingerprint density at radius 3 is 2.96 bits per heavy atom. The molecule has 2 atom stereocenters. The molecule has 1 spiro atoms. The van der Waals surface area contributed by atoms with Crippen molar-refractivity contribution >= 4 is 6.03 Å². The number of carbonyl (C=O) groups is 1. The smallest absolute Gasteiger partial charge is 0.314 e. The van der Waals surface area contributed by atoms with Crippen molar-refractivity contribution in [3.05, 3.63) is 35.4 Å². The molecule has 4 rings (SSSR count). The van der Waals surface area contributed by atoms with E-state index in [-0.39, 0.29) is 6.03 Å². The lowest BCUT2D eigenvalue weighted by Crippen LogP contribution is -2.40. The number of hydrogen-bond acceptors (Lipinski definition) is 3. The van der Waals surface area contributed by atoms with Gasteiger partial charge >= 0.3 is 6.03 Å². The van der Waals surface area contributed by atoms with Crippen molar-refractivity contribution in [1.29, 1.82) is 0 Å². The van der Waals surface area contributed by atoms with E-state index in [1.807, 2.05) is 0 Å². The summed E-state index contributed by atoms with van der Waals surface area (Å²) in [5.41, 5.74) is 3.41. The highest BCUT2D eigenvalue weighted by Gasteiger charge is 2.57. The van der Waals surface area contributed by atoms with Gasteiger partial charge in [0.05, 0.1) is 13.2 Å². The molecule has 2 N–H and O–H groups in total. The number of carbonyl (C=O) groups excluding carboxylic acids is 1. The quantitative estimate of drug-likeness (QED) is 0.776. The minimum absolute atomic E-state index is 0.0182. The fourth-order valence-electron chi connectivity index (χ4n) is 4.61. The molecule has 5 nitrogen and oxygen atoms in total. The molecule has 5 heteroatoms. The van der Waals surface area contributed by atoms with E-state index < -0.39 is 0 Å². The molecule has 0 aromatic heterocycles. The van der Waals surface area contributed by atoms with Gasteiger partial charge in [0.2, 0.25) is 0 Å². The molecule has 1 aromatic carbocycles. The number of rotatable bonds is 6. The third-order valence-electron chi connectivity index (χ3n) is 6.18. The fourth-order valence-corrected chi connectivity index (χ4v) is 4.61. The number of amides is 2. The van der Waals surface area contributed by atoms with Crippen molar-refractivity contribution in [1.82, 2.24) is 15.5 Å². The van der Waals surface area contributed by atoms with Crippen molar-refractivity contribution in [3.63, 3.8) is 0 Å². The van der Waals surface area contributed by atoms with Crippen LogP contribution in [0.5, 0.6) is 0 Å². The summed E-state index contributed by atoms with van der Waals surface area (Å²) in [4.78, 5) is 14.4. The lowest BCUT2D eigenvalue weighted by molar-refractivity contribution is 0.0375. The van der Waals surface area contributed by atoms with Crippen LogP contribution >= 0.6 is 0 Å². The predicted octanol–water partition coefficient (Wildman–Crippen LogP) is 1.91. The van der Waals surface area contributed by atoms with Crippen LogP contribution in [0.15, 0.2) is 24.3 Å². The molecule has 0 bridgehead atoms. The van der Waals surface area contributed by atoms with Crippen LogP contribution in [0, 0.1) is 5.92 Å². The van der Waals surface area contributed by atoms with Crippen molar-refractivity contribution < 1.29 is 9.53 Å². The van der Waals surface area contributed by atoms with E-state index in [2.05, 4.69) is 39.8 Å². The first kappa shape index (κ1) is 16.9. The summed E-state index contributed by atoms with van der Waals surface area (Å²) in [6.07, 6.45) is 4.66. The molecular formula is C20H29N3O2. The van der Waals surface area contributed by atoms with Gasteiger partial charge in [-0.2, -0.15) is 0 Å². The number of benzene rings is 1. The molecule has 1 saturated heterocycles. The van der Waals surface area contributed by atoms with Crippen molar-refractivity contribution in [2.45, 2.75) is 31.1 Å². The largest absolute Gasteiger partial charge is 0.379 e. The molecule has 2 fully saturated rings. The zero-order valence-corrected chi connectivity index (χ0v) is 14.9. The van der Waals surface area contributed by atoms with Crippen LogP contribution in [0.3, 0.4) is 0 Å². The highest BCUT2D eigenvalue weighted by atomic mass is 16.5. The molecule has 0 radical (unpaired) electrons. The molecule has 136 valence electrons. The van der Waals surface area contributed by atoms with Crippen LogP contribution in [-0.4, -0.2) is 56.9 Å². The van der Waals surface area contributed by atoms with Crippen LogP contribution in [-0.2, 0) is 16.6 Å². The number of ether oxygens (including phenoxy) is 1. The van der Waals surface area contributed by atoms with E-state index in [0.717, 1.165) is 52.4 Å². The van der Waals surface area contributed by atoms with E-state index in [1.165, 1.54) is 30.4 Å². The second kappa shape index (κ2) is 7.34. The molecule has 3 aliphatic rings. The van der Waals surface area contributed by atoms with Crippen LogP contribution in [0.1, 0.15) is 30.4 Å². The first-order valence-corrected chi connectivity index (χ1v) is 9.68. The van der Waals surface area contributed by atoms with E-state index >= 15 is 0 Å². The van der Waals surface area contributed by atoms with Gasteiger partial charge in [-0.1, -0.05) is 24.3 Å². The van der Waals surface area contributed by atoms with Gasteiger partial charge in [0.1, 0.15) is 0 Å². The summed E-state index contributed by atoms with van der Waals surface area (Å²) in [6.45, 7) is 6.26. The zero-order valence-electron chi connectivity index (χ0n) is 14.9. The third kappa shape index (κ3) is 3.67. The van der Waals surface area contributed by atoms with Crippen molar-refractivity contribution in [3.8, 4) is 0 Å². The maximum atomic E-state index is 12.0. The first-order chi connectivity index (χ1) is 12.3. The Morgan fingerprint density at radius 1 is 1.24 bits per heavy atom. The predicted molar refractivity (Wildman–Crippen MR) is 97.8 cm³/mol. The summed E-state index contributed by atoms with van der Waals surface area (Å²) < 4.78 is 5.34. The molecule has 1 aromatic rings. The molecule has 0 unspecified atom stereocenters. The minimum Gasteiger partial charge on any atom is -0.379 e. The molecule has 1 aliphatic heterocycles. The summed E-state index contributed by atoms with van der Waals surface area (Å²) in [6, 6.07) is 8.81. The van der Waals surface area contributed by atoms with Crippen LogP contribution in [0.2, 0.25) is 0 Å². The molecule has 2 amide bonds. The molecule has 1 saturated carbocycles. The second-order valence-corrected chi connectivity index (χ2v) is 7.66. The number of nitrogens with zero attached hydrogens (tertiary/aromatic N) is 1. The van der Waals surface area contributed by atoms with Gasteiger partial charge in [0, 0.05) is 31.6 Å². The first-order valence-electron chi connectivity index (χ1n) is 9.68. The normalized spacial score (nSPS) is 27.9. The average molecular weight is 343 g/mol. The van der Waals surface area contributed by atoms with E-state index in [0.29, 0.717) is 11.3 Å². The SMILES string of the molecule is O=C(NCCCN1CCOCC1)NC[C@H]1C[C@]12CCc1ccccc12. The highest BCUT2D eigenvalue weighted by molar-refractivity contribution is 5.73. The van der Waals surface area contributed by atoms with Crippen LogP contribution in [0.25, 0.3) is 0 Å². The topological polar surface area (TPSA) is 53.6 Å². The Kier molecular flexibility index (Phi) is 4.95. The number of urea groups is 1. The van der Waals surface area contributed by atoms with Gasteiger partial charge in [-0.25, -0.2) is 4.79 Å². The minimum atomic E-state index is -0.0182. The Hall–Kier alpha value is -1.59. The van der Waals surface area contributed by atoms with Crippen LogP contribution in [0.4, 0.5) is 4.79 Å².